The molecule has 0 saturated carbocycles. The van der Waals surface area contributed by atoms with Crippen LogP contribution in [0.2, 0.25) is 5.15 Å². The zero-order valence-electron chi connectivity index (χ0n) is 14.0. The van der Waals surface area contributed by atoms with Gasteiger partial charge in [-0.05, 0) is 26.0 Å². The van der Waals surface area contributed by atoms with Gasteiger partial charge in [0.15, 0.2) is 11.2 Å². The maximum atomic E-state index is 12.1. The van der Waals surface area contributed by atoms with Crippen molar-refractivity contribution in [2.45, 2.75) is 26.4 Å². The second-order valence-corrected chi connectivity index (χ2v) is 6.22. The SMILES string of the molecule is CCOC(=O)Cc1csc(NC(=O)C(C)OC(=O)c2cccnc2Cl)n1. The van der Waals surface area contributed by atoms with Crippen molar-refractivity contribution in [3.05, 3.63) is 40.1 Å². The third-order valence-corrected chi connectivity index (χ3v) is 4.15. The van der Waals surface area contributed by atoms with Crippen molar-refractivity contribution in [3.63, 3.8) is 0 Å². The number of pyridine rings is 1. The first-order valence-corrected chi connectivity index (χ1v) is 8.88. The number of carbonyl (C=O) groups excluding carboxylic acids is 3. The van der Waals surface area contributed by atoms with E-state index in [2.05, 4.69) is 15.3 Å². The molecule has 0 aliphatic heterocycles. The number of nitrogens with zero attached hydrogens (tertiary/aromatic N) is 2. The topological polar surface area (TPSA) is 107 Å². The van der Waals surface area contributed by atoms with Gasteiger partial charge in [-0.15, -0.1) is 11.3 Å². The molecule has 1 unspecified atom stereocenters. The third-order valence-electron chi connectivity index (χ3n) is 3.04. The molecule has 10 heteroatoms. The summed E-state index contributed by atoms with van der Waals surface area (Å²) in [5.41, 5.74) is 0.551. The van der Waals surface area contributed by atoms with Gasteiger partial charge < -0.3 is 9.47 Å². The van der Waals surface area contributed by atoms with Crippen molar-refractivity contribution in [1.82, 2.24) is 9.97 Å². The monoisotopic (exact) mass is 397 g/mol. The fourth-order valence-electron chi connectivity index (χ4n) is 1.83. The summed E-state index contributed by atoms with van der Waals surface area (Å²) in [5, 5.41) is 4.45. The largest absolute Gasteiger partial charge is 0.466 e. The van der Waals surface area contributed by atoms with Gasteiger partial charge in [0.2, 0.25) is 0 Å². The molecule has 1 N–H and O–H groups in total. The van der Waals surface area contributed by atoms with E-state index in [1.165, 1.54) is 25.3 Å². The molecule has 0 aliphatic rings. The van der Waals surface area contributed by atoms with E-state index in [0.717, 1.165) is 11.3 Å². The van der Waals surface area contributed by atoms with Gasteiger partial charge in [-0.1, -0.05) is 11.6 Å². The number of halogens is 1. The van der Waals surface area contributed by atoms with Crippen molar-refractivity contribution >= 4 is 45.9 Å². The van der Waals surface area contributed by atoms with Crippen LogP contribution in [0.1, 0.15) is 29.9 Å². The Morgan fingerprint density at radius 1 is 1.38 bits per heavy atom. The molecule has 1 amide bonds. The van der Waals surface area contributed by atoms with Gasteiger partial charge in [0.25, 0.3) is 5.91 Å². The second-order valence-electron chi connectivity index (χ2n) is 5.00. The second kappa shape index (κ2) is 9.25. The minimum absolute atomic E-state index is 0.00589. The number of hydrogen-bond donors (Lipinski definition) is 1. The Hall–Kier alpha value is -2.52. The molecule has 8 nitrogen and oxygen atoms in total. The lowest BCUT2D eigenvalue weighted by molar-refractivity contribution is -0.142. The molecule has 0 fully saturated rings. The quantitative estimate of drug-likeness (QED) is 0.564. The first kappa shape index (κ1) is 19.8. The minimum atomic E-state index is -1.07. The normalized spacial score (nSPS) is 11.5. The van der Waals surface area contributed by atoms with Crippen molar-refractivity contribution in [2.75, 3.05) is 11.9 Å². The van der Waals surface area contributed by atoms with Crippen LogP contribution in [0, 0.1) is 0 Å². The van der Waals surface area contributed by atoms with E-state index in [1.54, 1.807) is 12.3 Å². The molecule has 138 valence electrons. The lowest BCUT2D eigenvalue weighted by atomic mass is 10.3. The van der Waals surface area contributed by atoms with E-state index in [4.69, 9.17) is 21.1 Å². The molecule has 0 bridgehead atoms. The average Bonchev–Trinajstić information content (AvgIpc) is 3.02. The van der Waals surface area contributed by atoms with Crippen LogP contribution < -0.4 is 5.32 Å². The standard InChI is InChI=1S/C16H16ClN3O5S/c1-3-24-12(21)7-10-8-26-16(19-10)20-14(22)9(2)25-15(23)11-5-4-6-18-13(11)17/h4-6,8-9H,3,7H2,1-2H3,(H,19,20,22). The molecular weight excluding hydrogens is 382 g/mol. The molecule has 0 aromatic carbocycles. The number of rotatable bonds is 7. The molecule has 2 heterocycles. The summed E-state index contributed by atoms with van der Waals surface area (Å²) in [5.74, 6) is -1.71. The summed E-state index contributed by atoms with van der Waals surface area (Å²) in [6.45, 7) is 3.42. The number of hydrogen-bond acceptors (Lipinski definition) is 8. The van der Waals surface area contributed by atoms with Gasteiger partial charge in [-0.25, -0.2) is 14.8 Å². The lowest BCUT2D eigenvalue weighted by Gasteiger charge is -2.12. The molecule has 0 aliphatic carbocycles. The minimum Gasteiger partial charge on any atom is -0.466 e. The van der Waals surface area contributed by atoms with E-state index >= 15 is 0 Å². The fourth-order valence-corrected chi connectivity index (χ4v) is 2.74. The Labute approximate surface area is 158 Å². The number of aromatic nitrogens is 2. The summed E-state index contributed by atoms with van der Waals surface area (Å²) in [6.07, 6.45) is 0.381. The number of esters is 2. The zero-order valence-corrected chi connectivity index (χ0v) is 15.6. The molecular formula is C16H16ClN3O5S. The maximum absolute atomic E-state index is 12.1. The lowest BCUT2D eigenvalue weighted by Crippen LogP contribution is -2.30. The number of nitrogens with one attached hydrogen (secondary N) is 1. The Morgan fingerprint density at radius 2 is 2.15 bits per heavy atom. The number of carbonyl (C=O) groups is 3. The van der Waals surface area contributed by atoms with E-state index in [-0.39, 0.29) is 28.9 Å². The molecule has 0 spiro atoms. The first-order chi connectivity index (χ1) is 12.4. The van der Waals surface area contributed by atoms with Crippen LogP contribution in [-0.2, 0) is 25.5 Å². The Bertz CT molecular complexity index is 811. The smallest absolute Gasteiger partial charge is 0.342 e. The highest BCUT2D eigenvalue weighted by atomic mass is 35.5. The van der Waals surface area contributed by atoms with Crippen molar-refractivity contribution < 1.29 is 23.9 Å². The number of anilines is 1. The van der Waals surface area contributed by atoms with Crippen LogP contribution in [0.15, 0.2) is 23.7 Å². The van der Waals surface area contributed by atoms with Crippen LogP contribution in [0.25, 0.3) is 0 Å². The molecule has 0 radical (unpaired) electrons. The van der Waals surface area contributed by atoms with Crippen LogP contribution >= 0.6 is 22.9 Å². The predicted octanol–water partition coefficient (Wildman–Crippen LogP) is 2.48. The summed E-state index contributed by atoms with van der Waals surface area (Å²) in [4.78, 5) is 43.5. The van der Waals surface area contributed by atoms with E-state index in [1.807, 2.05) is 0 Å². The summed E-state index contributed by atoms with van der Waals surface area (Å²) < 4.78 is 9.92. The molecule has 2 aromatic heterocycles. The summed E-state index contributed by atoms with van der Waals surface area (Å²) in [6, 6.07) is 2.98. The highest BCUT2D eigenvalue weighted by molar-refractivity contribution is 7.13. The van der Waals surface area contributed by atoms with Gasteiger partial charge in [-0.2, -0.15) is 0 Å². The van der Waals surface area contributed by atoms with Gasteiger partial charge in [0.1, 0.15) is 5.15 Å². The van der Waals surface area contributed by atoms with Gasteiger partial charge in [-0.3, -0.25) is 14.9 Å². The number of thiazole rings is 1. The third kappa shape index (κ3) is 5.50. The van der Waals surface area contributed by atoms with Gasteiger partial charge in [0.05, 0.1) is 24.3 Å². The molecule has 1 atom stereocenters. The van der Waals surface area contributed by atoms with Gasteiger partial charge in [0, 0.05) is 11.6 Å². The Kier molecular flexibility index (Phi) is 7.05. The summed E-state index contributed by atoms with van der Waals surface area (Å²) >= 11 is 6.97. The summed E-state index contributed by atoms with van der Waals surface area (Å²) in [7, 11) is 0. The Morgan fingerprint density at radius 3 is 2.85 bits per heavy atom. The molecule has 0 saturated heterocycles. The fraction of sp³-hybridized carbons (Fsp3) is 0.312. The maximum Gasteiger partial charge on any atom is 0.342 e. The van der Waals surface area contributed by atoms with Crippen LogP contribution in [0.3, 0.4) is 0 Å². The Balaban J connectivity index is 1.91. The predicted molar refractivity (Wildman–Crippen MR) is 95.2 cm³/mol. The van der Waals surface area contributed by atoms with Crippen molar-refractivity contribution in [3.8, 4) is 0 Å². The first-order valence-electron chi connectivity index (χ1n) is 7.63. The van der Waals surface area contributed by atoms with E-state index in [9.17, 15) is 14.4 Å². The van der Waals surface area contributed by atoms with E-state index in [0.29, 0.717) is 5.69 Å². The van der Waals surface area contributed by atoms with Crippen LogP contribution in [-0.4, -0.2) is 40.5 Å². The average molecular weight is 398 g/mol. The highest BCUT2D eigenvalue weighted by Crippen LogP contribution is 2.18. The number of ether oxygens (including phenoxy) is 2. The molecule has 2 rings (SSSR count). The van der Waals surface area contributed by atoms with Gasteiger partial charge >= 0.3 is 11.9 Å². The van der Waals surface area contributed by atoms with Crippen LogP contribution in [0.5, 0.6) is 0 Å². The highest BCUT2D eigenvalue weighted by Gasteiger charge is 2.22. The zero-order chi connectivity index (χ0) is 19.1. The van der Waals surface area contributed by atoms with Crippen molar-refractivity contribution in [1.29, 1.82) is 0 Å². The number of amides is 1. The van der Waals surface area contributed by atoms with E-state index < -0.39 is 23.9 Å². The molecule has 26 heavy (non-hydrogen) atoms. The molecule has 2 aromatic rings. The van der Waals surface area contributed by atoms with Crippen molar-refractivity contribution in [2.24, 2.45) is 0 Å². The van der Waals surface area contributed by atoms with Crippen LogP contribution in [0.4, 0.5) is 5.13 Å².